The number of likely N-dealkylation sites (tertiary alicyclic amines) is 1. The maximum Gasteiger partial charge on any atom is 0.222 e. The van der Waals surface area contributed by atoms with Gasteiger partial charge < -0.3 is 10.1 Å². The zero-order valence-corrected chi connectivity index (χ0v) is 13.5. The van der Waals surface area contributed by atoms with Gasteiger partial charge in [-0.1, -0.05) is 12.1 Å². The first-order valence-corrected chi connectivity index (χ1v) is 8.35. The third-order valence-corrected chi connectivity index (χ3v) is 4.82. The lowest BCUT2D eigenvalue weighted by Gasteiger charge is -2.23. The highest BCUT2D eigenvalue weighted by Gasteiger charge is 2.45. The number of aromatic nitrogens is 2. The average molecular weight is 328 g/mol. The average Bonchev–Trinajstić information content (AvgIpc) is 3.17. The molecule has 2 aromatic rings. The molecule has 1 spiro atoms. The predicted octanol–water partition coefficient (Wildman–Crippen LogP) is 2.46. The van der Waals surface area contributed by atoms with E-state index in [9.17, 15) is 4.39 Å². The van der Waals surface area contributed by atoms with Crippen LogP contribution in [0.4, 0.5) is 10.3 Å². The van der Waals surface area contributed by atoms with Gasteiger partial charge in [-0.05, 0) is 30.2 Å². The number of nitrogens with one attached hydrogen (secondary N) is 1. The fourth-order valence-corrected chi connectivity index (χ4v) is 3.69. The number of nitrogens with zero attached hydrogens (tertiary/aromatic N) is 3. The lowest BCUT2D eigenvalue weighted by molar-refractivity contribution is 0.0120. The Bertz CT molecular complexity index is 681. The number of hydrogen-bond acceptors (Lipinski definition) is 5. The maximum absolute atomic E-state index is 13.0. The summed E-state index contributed by atoms with van der Waals surface area (Å²) in [6.07, 6.45) is 5.47. The number of halogens is 1. The Balaban J connectivity index is 1.33. The molecule has 2 aliphatic heterocycles. The van der Waals surface area contributed by atoms with Gasteiger partial charge in [-0.15, -0.1) is 0 Å². The lowest BCUT2D eigenvalue weighted by atomic mass is 9.97. The molecular weight excluding hydrogens is 307 g/mol. The molecule has 0 bridgehead atoms. The summed E-state index contributed by atoms with van der Waals surface area (Å²) in [5.74, 6) is 0.470. The van der Waals surface area contributed by atoms with Crippen molar-refractivity contribution in [2.75, 3.05) is 25.0 Å². The van der Waals surface area contributed by atoms with E-state index in [0.29, 0.717) is 12.6 Å². The van der Waals surface area contributed by atoms with Crippen LogP contribution in [0, 0.1) is 5.82 Å². The highest BCUT2D eigenvalue weighted by atomic mass is 19.1. The molecule has 2 aliphatic rings. The van der Waals surface area contributed by atoms with E-state index < -0.39 is 0 Å². The fourth-order valence-electron chi connectivity index (χ4n) is 3.69. The summed E-state index contributed by atoms with van der Waals surface area (Å²) in [4.78, 5) is 10.8. The van der Waals surface area contributed by atoms with E-state index in [2.05, 4.69) is 20.2 Å². The van der Waals surface area contributed by atoms with Gasteiger partial charge in [-0.2, -0.15) is 0 Å². The number of benzene rings is 1. The quantitative estimate of drug-likeness (QED) is 0.934. The highest BCUT2D eigenvalue weighted by molar-refractivity contribution is 5.25. The van der Waals surface area contributed by atoms with Crippen molar-refractivity contribution in [3.63, 3.8) is 0 Å². The van der Waals surface area contributed by atoms with Crippen LogP contribution in [-0.4, -0.2) is 46.2 Å². The van der Waals surface area contributed by atoms with Crippen LogP contribution in [0.3, 0.4) is 0 Å². The lowest BCUT2D eigenvalue weighted by Crippen LogP contribution is -2.33. The molecule has 1 aromatic carbocycles. The topological polar surface area (TPSA) is 50.3 Å². The van der Waals surface area contributed by atoms with Crippen molar-refractivity contribution in [2.24, 2.45) is 0 Å². The van der Waals surface area contributed by atoms with Crippen LogP contribution in [0.2, 0.25) is 0 Å². The van der Waals surface area contributed by atoms with Crippen molar-refractivity contribution < 1.29 is 9.13 Å². The van der Waals surface area contributed by atoms with Gasteiger partial charge in [-0.25, -0.2) is 14.4 Å². The van der Waals surface area contributed by atoms with Crippen molar-refractivity contribution in [2.45, 2.75) is 31.0 Å². The Labute approximate surface area is 140 Å². The summed E-state index contributed by atoms with van der Waals surface area (Å²) in [5, 5.41) is 3.36. The molecule has 6 heteroatoms. The van der Waals surface area contributed by atoms with E-state index >= 15 is 0 Å². The van der Waals surface area contributed by atoms with Gasteiger partial charge in [-0.3, -0.25) is 4.90 Å². The fraction of sp³-hybridized carbons (Fsp3) is 0.444. The monoisotopic (exact) mass is 328 g/mol. The Hall–Kier alpha value is -2.05. The number of hydrogen-bond donors (Lipinski definition) is 1. The molecule has 1 N–H and O–H groups in total. The van der Waals surface area contributed by atoms with Gasteiger partial charge in [0.1, 0.15) is 5.82 Å². The van der Waals surface area contributed by atoms with E-state index in [0.717, 1.165) is 38.0 Å². The zero-order chi connectivity index (χ0) is 16.4. The van der Waals surface area contributed by atoms with Gasteiger partial charge >= 0.3 is 0 Å². The smallest absolute Gasteiger partial charge is 0.222 e. The van der Waals surface area contributed by atoms with Crippen molar-refractivity contribution >= 4 is 5.95 Å². The summed E-state index contributed by atoms with van der Waals surface area (Å²) in [6.45, 7) is 3.44. The maximum atomic E-state index is 13.0. The molecule has 0 unspecified atom stereocenters. The Kier molecular flexibility index (Phi) is 4.16. The van der Waals surface area contributed by atoms with Crippen LogP contribution >= 0.6 is 0 Å². The van der Waals surface area contributed by atoms with Gasteiger partial charge in [0.15, 0.2) is 0 Å². The Morgan fingerprint density at radius 1 is 1.25 bits per heavy atom. The molecular formula is C18H21FN4O. The summed E-state index contributed by atoms with van der Waals surface area (Å²) >= 11 is 0. The largest absolute Gasteiger partial charge is 0.371 e. The van der Waals surface area contributed by atoms with Crippen LogP contribution < -0.4 is 5.32 Å². The first-order chi connectivity index (χ1) is 11.7. The van der Waals surface area contributed by atoms with E-state index in [-0.39, 0.29) is 17.5 Å². The third-order valence-electron chi connectivity index (χ3n) is 4.82. The van der Waals surface area contributed by atoms with Gasteiger partial charge in [0.2, 0.25) is 5.95 Å². The Morgan fingerprint density at radius 2 is 2.04 bits per heavy atom. The molecule has 0 amide bonds. The molecule has 0 saturated carbocycles. The molecule has 126 valence electrons. The Morgan fingerprint density at radius 3 is 2.83 bits per heavy atom. The number of anilines is 1. The standard InChI is InChI=1S/C18H21FN4O/c19-15-4-2-14(3-5-15)11-23-9-6-18(13-23)10-16(12-24-18)22-17-20-7-1-8-21-17/h1-5,7-8,16H,6,9-13H2,(H,20,21,22)/t16-,18-/m1/s1. The molecule has 5 nitrogen and oxygen atoms in total. The van der Waals surface area contributed by atoms with E-state index in [1.807, 2.05) is 18.2 Å². The summed E-state index contributed by atoms with van der Waals surface area (Å²) in [5.41, 5.74) is 1.06. The molecule has 24 heavy (non-hydrogen) atoms. The molecule has 1 aromatic heterocycles. The molecule has 2 atom stereocenters. The van der Waals surface area contributed by atoms with Crippen LogP contribution in [0.15, 0.2) is 42.7 Å². The molecule has 3 heterocycles. The van der Waals surface area contributed by atoms with Gasteiger partial charge in [0.25, 0.3) is 0 Å². The second kappa shape index (κ2) is 6.45. The SMILES string of the molecule is Fc1ccc(CN2CC[C@@]3(C[C@@H](Nc4ncccn4)CO3)C2)cc1. The molecule has 2 saturated heterocycles. The van der Waals surface area contributed by atoms with Crippen LogP contribution in [0.25, 0.3) is 0 Å². The van der Waals surface area contributed by atoms with Gasteiger partial charge in [0, 0.05) is 38.4 Å². The van der Waals surface area contributed by atoms with Crippen molar-refractivity contribution in [3.8, 4) is 0 Å². The van der Waals surface area contributed by atoms with E-state index in [1.54, 1.807) is 12.4 Å². The van der Waals surface area contributed by atoms with Crippen LogP contribution in [-0.2, 0) is 11.3 Å². The highest BCUT2D eigenvalue weighted by Crippen LogP contribution is 2.36. The van der Waals surface area contributed by atoms with Gasteiger partial charge in [0.05, 0.1) is 18.2 Å². The summed E-state index contributed by atoms with van der Waals surface area (Å²) in [7, 11) is 0. The minimum absolute atomic E-state index is 0.0769. The first-order valence-electron chi connectivity index (χ1n) is 8.35. The van der Waals surface area contributed by atoms with Crippen molar-refractivity contribution in [1.82, 2.24) is 14.9 Å². The summed E-state index contributed by atoms with van der Waals surface area (Å²) in [6, 6.07) is 8.81. The second-order valence-corrected chi connectivity index (χ2v) is 6.70. The predicted molar refractivity (Wildman–Crippen MR) is 89.0 cm³/mol. The van der Waals surface area contributed by atoms with Crippen LogP contribution in [0.1, 0.15) is 18.4 Å². The minimum atomic E-state index is -0.187. The van der Waals surface area contributed by atoms with E-state index in [1.165, 1.54) is 12.1 Å². The number of rotatable bonds is 4. The second-order valence-electron chi connectivity index (χ2n) is 6.70. The zero-order valence-electron chi connectivity index (χ0n) is 13.5. The van der Waals surface area contributed by atoms with E-state index in [4.69, 9.17) is 4.74 Å². The van der Waals surface area contributed by atoms with Crippen molar-refractivity contribution in [3.05, 3.63) is 54.1 Å². The normalized spacial score (nSPS) is 27.0. The van der Waals surface area contributed by atoms with Crippen LogP contribution in [0.5, 0.6) is 0 Å². The molecule has 4 rings (SSSR count). The molecule has 0 aliphatic carbocycles. The minimum Gasteiger partial charge on any atom is -0.371 e. The van der Waals surface area contributed by atoms with Crippen molar-refractivity contribution in [1.29, 1.82) is 0 Å². The molecule has 2 fully saturated rings. The molecule has 0 radical (unpaired) electrons. The first kappa shape index (κ1) is 15.5. The number of ether oxygens (including phenoxy) is 1. The summed E-state index contributed by atoms with van der Waals surface area (Å²) < 4.78 is 19.2. The third kappa shape index (κ3) is 3.39.